The van der Waals surface area contributed by atoms with Gasteiger partial charge in [-0.3, -0.25) is 14.6 Å². The zero-order chi connectivity index (χ0) is 17.4. The Morgan fingerprint density at radius 2 is 2.04 bits per heavy atom. The summed E-state index contributed by atoms with van der Waals surface area (Å²) in [7, 11) is 0. The number of nitrogens with zero attached hydrogens (tertiary/aromatic N) is 5. The van der Waals surface area contributed by atoms with Crippen molar-refractivity contribution in [1.29, 1.82) is 5.26 Å². The molecule has 2 aliphatic heterocycles. The van der Waals surface area contributed by atoms with Gasteiger partial charge in [-0.1, -0.05) is 26.2 Å². The monoisotopic (exact) mass is 359 g/mol. The number of thiazole rings is 1. The number of hydrogen-bond donors (Lipinski definition) is 0. The van der Waals surface area contributed by atoms with Crippen LogP contribution in [-0.4, -0.2) is 59.5 Å². The van der Waals surface area contributed by atoms with Crippen LogP contribution in [0.4, 0.5) is 5.13 Å². The van der Waals surface area contributed by atoms with Crippen molar-refractivity contribution >= 4 is 22.4 Å². The highest BCUT2D eigenvalue weighted by Crippen LogP contribution is 2.41. The van der Waals surface area contributed by atoms with Crippen molar-refractivity contribution in [3.8, 4) is 6.19 Å². The normalized spacial score (nSPS) is 30.9. The molecule has 3 heterocycles. The van der Waals surface area contributed by atoms with Crippen LogP contribution in [0.1, 0.15) is 43.4 Å². The summed E-state index contributed by atoms with van der Waals surface area (Å²) in [6.45, 7) is 5.93. The van der Waals surface area contributed by atoms with Gasteiger partial charge in [-0.2, -0.15) is 5.26 Å². The van der Waals surface area contributed by atoms with Crippen LogP contribution in [0, 0.1) is 17.4 Å². The SMILES string of the molecule is C[C@H]1CCCC[C@@H]1c1cnc(N2CCN3CCN(C#N)C[C@@H]3C2=O)s1. The maximum Gasteiger partial charge on any atom is 0.248 e. The van der Waals surface area contributed by atoms with E-state index in [4.69, 9.17) is 5.26 Å². The fraction of sp³-hybridized carbons (Fsp3) is 0.722. The number of carbonyl (C=O) groups excluding carboxylic acids is 1. The molecule has 0 unspecified atom stereocenters. The zero-order valence-corrected chi connectivity index (χ0v) is 15.5. The van der Waals surface area contributed by atoms with Crippen LogP contribution in [0.3, 0.4) is 0 Å². The molecule has 7 heteroatoms. The quantitative estimate of drug-likeness (QED) is 0.758. The summed E-state index contributed by atoms with van der Waals surface area (Å²) in [6, 6.07) is -0.205. The van der Waals surface area contributed by atoms with E-state index in [2.05, 4.69) is 23.0 Å². The van der Waals surface area contributed by atoms with Crippen molar-refractivity contribution in [2.45, 2.75) is 44.6 Å². The number of carbonyl (C=O) groups is 1. The second kappa shape index (κ2) is 6.93. The van der Waals surface area contributed by atoms with Crippen LogP contribution in [0.25, 0.3) is 0 Å². The number of piperazine rings is 2. The number of hydrogen-bond acceptors (Lipinski definition) is 6. The lowest BCUT2D eigenvalue weighted by molar-refractivity contribution is -0.127. The summed E-state index contributed by atoms with van der Waals surface area (Å²) in [6.07, 6.45) is 9.35. The molecule has 25 heavy (non-hydrogen) atoms. The molecule has 1 aromatic rings. The first-order valence-electron chi connectivity index (χ1n) is 9.33. The number of rotatable bonds is 2. The van der Waals surface area contributed by atoms with Gasteiger partial charge in [0.05, 0.1) is 6.54 Å². The third-order valence-corrected chi connectivity index (χ3v) is 7.17. The first-order chi connectivity index (χ1) is 12.2. The molecule has 3 fully saturated rings. The molecule has 0 spiro atoms. The number of anilines is 1. The van der Waals surface area contributed by atoms with E-state index in [1.807, 2.05) is 11.1 Å². The Kier molecular flexibility index (Phi) is 4.65. The predicted octanol–water partition coefficient (Wildman–Crippen LogP) is 2.25. The molecule has 134 valence electrons. The average molecular weight is 359 g/mol. The van der Waals surface area contributed by atoms with E-state index in [0.717, 1.165) is 24.8 Å². The average Bonchev–Trinajstić information content (AvgIpc) is 3.12. The molecular weight excluding hydrogens is 334 g/mol. The van der Waals surface area contributed by atoms with Crippen LogP contribution < -0.4 is 4.90 Å². The summed E-state index contributed by atoms with van der Waals surface area (Å²) in [5.41, 5.74) is 0. The summed E-state index contributed by atoms with van der Waals surface area (Å²) < 4.78 is 0. The lowest BCUT2D eigenvalue weighted by Gasteiger charge is -2.44. The number of nitriles is 1. The van der Waals surface area contributed by atoms with Crippen molar-refractivity contribution in [3.63, 3.8) is 0 Å². The van der Waals surface area contributed by atoms with E-state index in [-0.39, 0.29) is 11.9 Å². The Bertz CT molecular complexity index is 683. The fourth-order valence-electron chi connectivity index (χ4n) is 4.43. The Balaban J connectivity index is 1.50. The highest BCUT2D eigenvalue weighted by Gasteiger charge is 2.40. The molecule has 0 radical (unpaired) electrons. The van der Waals surface area contributed by atoms with Gasteiger partial charge in [0.15, 0.2) is 11.3 Å². The van der Waals surface area contributed by atoms with E-state index < -0.39 is 0 Å². The van der Waals surface area contributed by atoms with Gasteiger partial charge in [-0.25, -0.2) is 4.98 Å². The summed E-state index contributed by atoms with van der Waals surface area (Å²) in [5, 5.41) is 9.98. The second-order valence-corrected chi connectivity index (χ2v) is 8.54. The van der Waals surface area contributed by atoms with Crippen molar-refractivity contribution in [2.24, 2.45) is 5.92 Å². The van der Waals surface area contributed by atoms with Crippen LogP contribution in [0.5, 0.6) is 0 Å². The first kappa shape index (κ1) is 16.8. The van der Waals surface area contributed by atoms with Gasteiger partial charge in [-0.15, -0.1) is 11.3 Å². The van der Waals surface area contributed by atoms with Crippen LogP contribution >= 0.6 is 11.3 Å². The second-order valence-electron chi connectivity index (χ2n) is 7.50. The predicted molar refractivity (Wildman–Crippen MR) is 97.4 cm³/mol. The summed E-state index contributed by atoms with van der Waals surface area (Å²) in [5.74, 6) is 1.40. The first-order valence-corrected chi connectivity index (χ1v) is 10.1. The molecule has 0 bridgehead atoms. The standard InChI is InChI=1S/C18H25N5OS/c1-13-4-2-3-5-14(13)16-10-20-18(25-16)23-9-8-22-7-6-21(12-19)11-15(22)17(23)24/h10,13-15H,2-9,11H2,1H3/t13-,14-,15+/m0/s1. The van der Waals surface area contributed by atoms with Gasteiger partial charge in [0.1, 0.15) is 6.04 Å². The Hall–Kier alpha value is -1.65. The van der Waals surface area contributed by atoms with Gasteiger partial charge in [-0.05, 0) is 18.3 Å². The van der Waals surface area contributed by atoms with Crippen molar-refractivity contribution in [1.82, 2.24) is 14.8 Å². The minimum atomic E-state index is -0.205. The molecule has 1 amide bonds. The molecule has 0 N–H and O–H groups in total. The fourth-order valence-corrected chi connectivity index (χ4v) is 5.65. The summed E-state index contributed by atoms with van der Waals surface area (Å²) >= 11 is 1.70. The van der Waals surface area contributed by atoms with Gasteiger partial charge in [0.25, 0.3) is 0 Å². The van der Waals surface area contributed by atoms with Crippen LogP contribution in [0.15, 0.2) is 6.20 Å². The molecular formula is C18H25N5OS. The molecule has 1 saturated carbocycles. The van der Waals surface area contributed by atoms with Gasteiger partial charge in [0, 0.05) is 37.3 Å². The Morgan fingerprint density at radius 3 is 2.84 bits per heavy atom. The molecule has 1 aromatic heterocycles. The number of fused-ring (bicyclic) bond motifs is 1. The molecule has 3 aliphatic rings. The highest BCUT2D eigenvalue weighted by atomic mass is 32.1. The van der Waals surface area contributed by atoms with E-state index in [1.54, 1.807) is 16.2 Å². The maximum absolute atomic E-state index is 13.0. The minimum absolute atomic E-state index is 0.101. The highest BCUT2D eigenvalue weighted by molar-refractivity contribution is 7.15. The molecule has 6 nitrogen and oxygen atoms in total. The van der Waals surface area contributed by atoms with Crippen molar-refractivity contribution in [3.05, 3.63) is 11.1 Å². The van der Waals surface area contributed by atoms with Crippen LogP contribution in [0.2, 0.25) is 0 Å². The van der Waals surface area contributed by atoms with Crippen molar-refractivity contribution < 1.29 is 4.79 Å². The minimum Gasteiger partial charge on any atom is -0.307 e. The van der Waals surface area contributed by atoms with Crippen LogP contribution in [-0.2, 0) is 4.79 Å². The van der Waals surface area contributed by atoms with E-state index in [9.17, 15) is 4.79 Å². The third-order valence-electron chi connectivity index (χ3n) is 6.01. The maximum atomic E-state index is 13.0. The zero-order valence-electron chi connectivity index (χ0n) is 14.7. The summed E-state index contributed by atoms with van der Waals surface area (Å²) in [4.78, 5) is 24.7. The Labute approximate surface area is 153 Å². The third kappa shape index (κ3) is 3.13. The molecule has 3 atom stereocenters. The largest absolute Gasteiger partial charge is 0.307 e. The van der Waals surface area contributed by atoms with E-state index in [0.29, 0.717) is 24.9 Å². The van der Waals surface area contributed by atoms with Gasteiger partial charge >= 0.3 is 0 Å². The number of amides is 1. The topological polar surface area (TPSA) is 63.5 Å². The molecule has 1 aliphatic carbocycles. The van der Waals surface area contributed by atoms with E-state index in [1.165, 1.54) is 30.6 Å². The van der Waals surface area contributed by atoms with Crippen molar-refractivity contribution in [2.75, 3.05) is 37.6 Å². The lowest BCUT2D eigenvalue weighted by Crippen LogP contribution is -2.64. The smallest absolute Gasteiger partial charge is 0.248 e. The van der Waals surface area contributed by atoms with E-state index >= 15 is 0 Å². The Morgan fingerprint density at radius 1 is 1.24 bits per heavy atom. The number of aromatic nitrogens is 1. The molecule has 0 aromatic carbocycles. The van der Waals surface area contributed by atoms with Gasteiger partial charge < -0.3 is 4.90 Å². The molecule has 4 rings (SSSR count). The van der Waals surface area contributed by atoms with Gasteiger partial charge in [0.2, 0.25) is 5.91 Å². The lowest BCUT2D eigenvalue weighted by atomic mass is 9.80. The molecule has 2 saturated heterocycles.